The van der Waals surface area contributed by atoms with Crippen LogP contribution in [0.15, 0.2) is 46.8 Å². The van der Waals surface area contributed by atoms with Gasteiger partial charge in [0.2, 0.25) is 0 Å². The number of allylic oxidation sites excluding steroid dienone is 3. The minimum Gasteiger partial charge on any atom is -0.497 e. The molecule has 0 spiro atoms. The molecule has 0 radical (unpaired) electrons. The Balaban J connectivity index is 2.10. The predicted octanol–water partition coefficient (Wildman–Crippen LogP) is 3.49. The zero-order chi connectivity index (χ0) is 21.2. The number of esters is 1. The molecule has 0 saturated heterocycles. The van der Waals surface area contributed by atoms with Crippen molar-refractivity contribution in [2.45, 2.75) is 39.5 Å². The molecule has 1 unspecified atom stereocenters. The summed E-state index contributed by atoms with van der Waals surface area (Å²) in [5, 5.41) is 3.33. The fourth-order valence-electron chi connectivity index (χ4n) is 4.16. The highest BCUT2D eigenvalue weighted by Crippen LogP contribution is 2.47. The van der Waals surface area contributed by atoms with E-state index in [0.717, 1.165) is 17.7 Å². The molecule has 1 N–H and O–H groups in total. The smallest absolute Gasteiger partial charge is 0.336 e. The van der Waals surface area contributed by atoms with Gasteiger partial charge in [-0.3, -0.25) is 4.79 Å². The molecule has 2 aliphatic rings. The maximum Gasteiger partial charge on any atom is 0.336 e. The van der Waals surface area contributed by atoms with Crippen LogP contribution in [0, 0.1) is 5.41 Å². The normalized spacial score (nSPS) is 20.9. The summed E-state index contributed by atoms with van der Waals surface area (Å²) < 4.78 is 15.8. The van der Waals surface area contributed by atoms with Gasteiger partial charge in [-0.05, 0) is 36.5 Å². The van der Waals surface area contributed by atoms with Gasteiger partial charge in [-0.25, -0.2) is 4.79 Å². The summed E-state index contributed by atoms with van der Waals surface area (Å²) in [7, 11) is 3.15. The number of ketones is 1. The Morgan fingerprint density at radius 3 is 2.66 bits per heavy atom. The van der Waals surface area contributed by atoms with Crippen molar-refractivity contribution in [3.63, 3.8) is 0 Å². The first-order valence-electron chi connectivity index (χ1n) is 9.81. The average Bonchev–Trinajstić information content (AvgIpc) is 2.66. The summed E-state index contributed by atoms with van der Waals surface area (Å²) in [6.45, 7) is 6.51. The molecule has 1 aromatic carbocycles. The average molecular weight is 399 g/mol. The number of rotatable bonds is 6. The number of methoxy groups -OCH3 is 2. The zero-order valence-electron chi connectivity index (χ0n) is 17.8. The van der Waals surface area contributed by atoms with Crippen molar-refractivity contribution in [3.8, 4) is 5.75 Å². The molecule has 6 nitrogen and oxygen atoms in total. The number of dihydropyridines is 1. The van der Waals surface area contributed by atoms with Crippen LogP contribution in [0.2, 0.25) is 0 Å². The van der Waals surface area contributed by atoms with Crippen molar-refractivity contribution >= 4 is 11.8 Å². The van der Waals surface area contributed by atoms with E-state index in [9.17, 15) is 9.59 Å². The Bertz CT molecular complexity index is 881. The third kappa shape index (κ3) is 4.37. The molecule has 0 aromatic heterocycles. The number of nitrogens with one attached hydrogen (secondary N) is 1. The van der Waals surface area contributed by atoms with Crippen LogP contribution in [0.5, 0.6) is 5.75 Å². The lowest BCUT2D eigenvalue weighted by Crippen LogP contribution is -2.38. The van der Waals surface area contributed by atoms with Crippen molar-refractivity contribution in [1.82, 2.24) is 5.32 Å². The van der Waals surface area contributed by atoms with E-state index >= 15 is 0 Å². The second kappa shape index (κ2) is 8.41. The van der Waals surface area contributed by atoms with Crippen LogP contribution in [0.25, 0.3) is 0 Å². The zero-order valence-corrected chi connectivity index (χ0v) is 17.8. The molecule has 0 bridgehead atoms. The van der Waals surface area contributed by atoms with Crippen LogP contribution in [0.3, 0.4) is 0 Å². The summed E-state index contributed by atoms with van der Waals surface area (Å²) in [5.74, 6) is -0.188. The molecule has 3 rings (SSSR count). The summed E-state index contributed by atoms with van der Waals surface area (Å²) in [6.07, 6.45) is 1.19. The van der Waals surface area contributed by atoms with Crippen LogP contribution in [-0.2, 0) is 19.1 Å². The molecule has 1 aromatic rings. The largest absolute Gasteiger partial charge is 0.497 e. The Kier molecular flexibility index (Phi) is 6.13. The highest BCUT2D eigenvalue weighted by molar-refractivity contribution is 6.04. The Morgan fingerprint density at radius 1 is 1.21 bits per heavy atom. The van der Waals surface area contributed by atoms with Crippen LogP contribution in [0.4, 0.5) is 0 Å². The second-order valence-electron chi connectivity index (χ2n) is 8.34. The van der Waals surface area contributed by atoms with Gasteiger partial charge in [0.25, 0.3) is 0 Å². The Labute approximate surface area is 171 Å². The minimum absolute atomic E-state index is 0.0614. The Morgan fingerprint density at radius 2 is 1.97 bits per heavy atom. The monoisotopic (exact) mass is 399 g/mol. The number of carbonyl (C=O) groups is 2. The Hall–Kier alpha value is -2.60. The maximum absolute atomic E-state index is 13.2. The lowest BCUT2D eigenvalue weighted by molar-refractivity contribution is -0.140. The van der Waals surface area contributed by atoms with Gasteiger partial charge in [0.15, 0.2) is 5.78 Å². The third-order valence-electron chi connectivity index (χ3n) is 5.41. The second-order valence-corrected chi connectivity index (χ2v) is 8.34. The molecule has 6 heteroatoms. The van der Waals surface area contributed by atoms with E-state index in [0.29, 0.717) is 35.6 Å². The molecule has 156 valence electrons. The molecule has 0 fully saturated rings. The fourth-order valence-corrected chi connectivity index (χ4v) is 4.16. The van der Waals surface area contributed by atoms with Crippen molar-refractivity contribution in [2.24, 2.45) is 5.41 Å². The van der Waals surface area contributed by atoms with Gasteiger partial charge >= 0.3 is 5.97 Å². The summed E-state index contributed by atoms with van der Waals surface area (Å²) >= 11 is 0. The van der Waals surface area contributed by atoms with Gasteiger partial charge in [0.05, 0.1) is 19.3 Å². The standard InChI is InChI=1S/C23H29NO5/c1-14-19(22(26)29-10-9-27-4)20(15-7-6-8-16(11-15)28-5)21-17(24-14)12-23(2,3)13-18(21)25/h6-8,11,20,24H,9-10,12-13H2,1-5H3. The maximum atomic E-state index is 13.2. The number of hydrogen-bond donors (Lipinski definition) is 1. The van der Waals surface area contributed by atoms with Gasteiger partial charge in [0.1, 0.15) is 12.4 Å². The summed E-state index contributed by atoms with van der Waals surface area (Å²) in [6, 6.07) is 7.52. The molecular weight excluding hydrogens is 370 g/mol. The highest BCUT2D eigenvalue weighted by Gasteiger charge is 2.43. The van der Waals surface area contributed by atoms with E-state index in [1.807, 2.05) is 31.2 Å². The van der Waals surface area contributed by atoms with E-state index in [4.69, 9.17) is 14.2 Å². The number of carbonyl (C=O) groups excluding carboxylic acids is 2. The number of Topliss-reactive ketones (excluding diaryl/α,β-unsaturated/α-hetero) is 1. The molecule has 0 saturated carbocycles. The lowest BCUT2D eigenvalue weighted by Gasteiger charge is -2.39. The topological polar surface area (TPSA) is 73.9 Å². The molecule has 1 aliphatic carbocycles. The third-order valence-corrected chi connectivity index (χ3v) is 5.41. The van der Waals surface area contributed by atoms with Crippen LogP contribution in [-0.4, -0.2) is 39.2 Å². The molecular formula is C23H29NO5. The van der Waals surface area contributed by atoms with E-state index in [2.05, 4.69) is 19.2 Å². The van der Waals surface area contributed by atoms with Gasteiger partial charge in [-0.15, -0.1) is 0 Å². The molecule has 29 heavy (non-hydrogen) atoms. The predicted molar refractivity (Wildman–Crippen MR) is 109 cm³/mol. The van der Waals surface area contributed by atoms with Gasteiger partial charge in [0, 0.05) is 36.4 Å². The minimum atomic E-state index is -0.486. The van der Waals surface area contributed by atoms with E-state index in [1.54, 1.807) is 14.2 Å². The van der Waals surface area contributed by atoms with E-state index < -0.39 is 11.9 Å². The first-order valence-corrected chi connectivity index (χ1v) is 9.81. The molecule has 1 aliphatic heterocycles. The van der Waals surface area contributed by atoms with Crippen LogP contribution < -0.4 is 10.1 Å². The first-order chi connectivity index (χ1) is 13.8. The van der Waals surface area contributed by atoms with Crippen LogP contribution in [0.1, 0.15) is 45.1 Å². The summed E-state index contributed by atoms with van der Waals surface area (Å²) in [4.78, 5) is 26.2. The van der Waals surface area contributed by atoms with Crippen molar-refractivity contribution in [3.05, 3.63) is 52.4 Å². The SMILES string of the molecule is COCCOC(=O)C1=C(C)NC2=C(C(=O)CC(C)(C)C2)C1c1cccc(OC)c1. The van der Waals surface area contributed by atoms with Crippen molar-refractivity contribution < 1.29 is 23.8 Å². The van der Waals surface area contributed by atoms with E-state index in [1.165, 1.54) is 0 Å². The number of hydrogen-bond acceptors (Lipinski definition) is 6. The van der Waals surface area contributed by atoms with Crippen molar-refractivity contribution in [2.75, 3.05) is 27.4 Å². The number of ether oxygens (including phenoxy) is 3. The van der Waals surface area contributed by atoms with E-state index in [-0.39, 0.29) is 17.8 Å². The quantitative estimate of drug-likeness (QED) is 0.583. The lowest BCUT2D eigenvalue weighted by atomic mass is 9.68. The fraction of sp³-hybridized carbons (Fsp3) is 0.478. The molecule has 1 heterocycles. The summed E-state index contributed by atoms with van der Waals surface area (Å²) in [5.41, 5.74) is 3.43. The number of benzene rings is 1. The highest BCUT2D eigenvalue weighted by atomic mass is 16.6. The van der Waals surface area contributed by atoms with Crippen molar-refractivity contribution in [1.29, 1.82) is 0 Å². The van der Waals surface area contributed by atoms with Gasteiger partial charge < -0.3 is 19.5 Å². The molecule has 1 atom stereocenters. The van der Waals surface area contributed by atoms with Gasteiger partial charge in [-0.2, -0.15) is 0 Å². The van der Waals surface area contributed by atoms with Gasteiger partial charge in [-0.1, -0.05) is 26.0 Å². The van der Waals surface area contributed by atoms with Crippen LogP contribution >= 0.6 is 0 Å². The molecule has 0 amide bonds. The first kappa shape index (κ1) is 21.1.